The molecule has 0 aromatic heterocycles. The lowest BCUT2D eigenvalue weighted by Crippen LogP contribution is -2.35. The molecule has 0 radical (unpaired) electrons. The van der Waals surface area contributed by atoms with Crippen molar-refractivity contribution in [3.63, 3.8) is 0 Å². The number of rotatable bonds is 3. The van der Waals surface area contributed by atoms with Gasteiger partial charge in [0, 0.05) is 13.0 Å². The topological polar surface area (TPSA) is 52.6 Å². The second kappa shape index (κ2) is 5.26. The van der Waals surface area contributed by atoms with Crippen LogP contribution in [0.4, 0.5) is 0 Å². The first kappa shape index (κ1) is 12.2. The predicted molar refractivity (Wildman–Crippen MR) is 54.3 cm³/mol. The first-order valence-electron chi connectivity index (χ1n) is 5.19. The normalized spacial score (nSPS) is 31.0. The summed E-state index contributed by atoms with van der Waals surface area (Å²) in [5.41, 5.74) is 0. The highest BCUT2D eigenvalue weighted by Crippen LogP contribution is 2.32. The van der Waals surface area contributed by atoms with Crippen LogP contribution in [0.5, 0.6) is 0 Å². The Morgan fingerprint density at radius 1 is 1.07 bits per heavy atom. The minimum absolute atomic E-state index is 0.00301. The van der Waals surface area contributed by atoms with Crippen molar-refractivity contribution in [3.8, 4) is 0 Å². The lowest BCUT2D eigenvalue weighted by Gasteiger charge is -2.31. The molecule has 0 aromatic carbocycles. The summed E-state index contributed by atoms with van der Waals surface area (Å²) in [6.07, 6.45) is 1.98. The van der Waals surface area contributed by atoms with Gasteiger partial charge in [0.05, 0.1) is 19.1 Å². The Hall–Kier alpha value is -0.900. The standard InChI is InChI=1S/C11H18O4/c1-7(12)8-4-9(11(13)15-3)6-10(5-8)14-2/h8-10H,4-6H2,1-3H3/t8-,9+,10-/m1/s1. The van der Waals surface area contributed by atoms with Gasteiger partial charge in [-0.05, 0) is 26.2 Å². The van der Waals surface area contributed by atoms with Crippen LogP contribution in [0.1, 0.15) is 26.2 Å². The fourth-order valence-corrected chi connectivity index (χ4v) is 2.15. The van der Waals surface area contributed by atoms with E-state index in [1.165, 1.54) is 7.11 Å². The second-order valence-electron chi connectivity index (χ2n) is 4.09. The molecule has 1 saturated carbocycles. The molecular formula is C11H18O4. The zero-order valence-electron chi connectivity index (χ0n) is 9.49. The van der Waals surface area contributed by atoms with E-state index in [9.17, 15) is 9.59 Å². The smallest absolute Gasteiger partial charge is 0.308 e. The van der Waals surface area contributed by atoms with Crippen LogP contribution >= 0.6 is 0 Å². The Kier molecular flexibility index (Phi) is 4.27. The fraction of sp³-hybridized carbons (Fsp3) is 0.818. The zero-order chi connectivity index (χ0) is 11.4. The van der Waals surface area contributed by atoms with E-state index in [4.69, 9.17) is 9.47 Å². The minimum atomic E-state index is -0.233. The van der Waals surface area contributed by atoms with Crippen molar-refractivity contribution < 1.29 is 19.1 Å². The molecule has 15 heavy (non-hydrogen) atoms. The first-order valence-corrected chi connectivity index (χ1v) is 5.19. The van der Waals surface area contributed by atoms with Crippen LogP contribution in [0.25, 0.3) is 0 Å². The molecule has 1 fully saturated rings. The molecule has 0 amide bonds. The third kappa shape index (κ3) is 3.02. The van der Waals surface area contributed by atoms with Gasteiger partial charge < -0.3 is 9.47 Å². The Morgan fingerprint density at radius 3 is 2.13 bits per heavy atom. The number of methoxy groups -OCH3 is 2. The second-order valence-corrected chi connectivity index (χ2v) is 4.09. The van der Waals surface area contributed by atoms with Crippen molar-refractivity contribution in [3.05, 3.63) is 0 Å². The maximum Gasteiger partial charge on any atom is 0.308 e. The molecule has 0 aliphatic heterocycles. The third-order valence-electron chi connectivity index (χ3n) is 3.11. The molecule has 0 aromatic rings. The molecule has 86 valence electrons. The van der Waals surface area contributed by atoms with Crippen molar-refractivity contribution >= 4 is 11.8 Å². The Balaban J connectivity index is 2.66. The molecular weight excluding hydrogens is 196 g/mol. The third-order valence-corrected chi connectivity index (χ3v) is 3.11. The summed E-state index contributed by atoms with van der Waals surface area (Å²) >= 11 is 0. The average Bonchev–Trinajstić information content (AvgIpc) is 2.27. The first-order chi connectivity index (χ1) is 7.08. The van der Waals surface area contributed by atoms with Crippen LogP contribution in [-0.2, 0) is 19.1 Å². The maximum atomic E-state index is 11.4. The van der Waals surface area contributed by atoms with Gasteiger partial charge >= 0.3 is 5.97 Å². The van der Waals surface area contributed by atoms with Crippen LogP contribution in [-0.4, -0.2) is 32.1 Å². The number of ether oxygens (including phenoxy) is 2. The van der Waals surface area contributed by atoms with Gasteiger partial charge in [0.15, 0.2) is 0 Å². The van der Waals surface area contributed by atoms with E-state index in [1.807, 2.05) is 0 Å². The van der Waals surface area contributed by atoms with E-state index in [1.54, 1.807) is 14.0 Å². The molecule has 0 bridgehead atoms. The summed E-state index contributed by atoms with van der Waals surface area (Å²) in [7, 11) is 2.99. The molecule has 0 heterocycles. The molecule has 3 atom stereocenters. The highest BCUT2D eigenvalue weighted by molar-refractivity contribution is 5.80. The summed E-state index contributed by atoms with van der Waals surface area (Å²) in [5.74, 6) is -0.357. The summed E-state index contributed by atoms with van der Waals surface area (Å²) < 4.78 is 9.94. The molecule has 0 N–H and O–H groups in total. The van der Waals surface area contributed by atoms with Crippen LogP contribution in [0.3, 0.4) is 0 Å². The lowest BCUT2D eigenvalue weighted by molar-refractivity contribution is -0.149. The molecule has 4 heteroatoms. The van der Waals surface area contributed by atoms with Gasteiger partial charge in [-0.1, -0.05) is 0 Å². The molecule has 0 unspecified atom stereocenters. The van der Waals surface area contributed by atoms with Crippen molar-refractivity contribution in [2.24, 2.45) is 11.8 Å². The number of carbonyl (C=O) groups is 2. The Labute approximate surface area is 89.9 Å². The van der Waals surface area contributed by atoms with Crippen LogP contribution in [0, 0.1) is 11.8 Å². The maximum absolute atomic E-state index is 11.4. The number of hydrogen-bond donors (Lipinski definition) is 0. The zero-order valence-corrected chi connectivity index (χ0v) is 9.49. The van der Waals surface area contributed by atoms with Gasteiger partial charge in [-0.3, -0.25) is 9.59 Å². The van der Waals surface area contributed by atoms with Crippen molar-refractivity contribution in [2.45, 2.75) is 32.3 Å². The van der Waals surface area contributed by atoms with Gasteiger partial charge in [0.1, 0.15) is 5.78 Å². The highest BCUT2D eigenvalue weighted by atomic mass is 16.5. The SMILES string of the molecule is COC(=O)[C@@H]1C[C@H](OC)C[C@H](C(C)=O)C1. The number of esters is 1. The van der Waals surface area contributed by atoms with Crippen molar-refractivity contribution in [1.29, 1.82) is 0 Å². The largest absolute Gasteiger partial charge is 0.469 e. The van der Waals surface area contributed by atoms with Gasteiger partial charge in [-0.25, -0.2) is 0 Å². The van der Waals surface area contributed by atoms with E-state index in [0.717, 1.165) is 6.42 Å². The van der Waals surface area contributed by atoms with Gasteiger partial charge in [-0.2, -0.15) is 0 Å². The van der Waals surface area contributed by atoms with Crippen LogP contribution < -0.4 is 0 Å². The van der Waals surface area contributed by atoms with Gasteiger partial charge in [-0.15, -0.1) is 0 Å². The van der Waals surface area contributed by atoms with Crippen molar-refractivity contribution in [1.82, 2.24) is 0 Å². The van der Waals surface area contributed by atoms with E-state index in [2.05, 4.69) is 0 Å². The minimum Gasteiger partial charge on any atom is -0.469 e. The quantitative estimate of drug-likeness (QED) is 0.662. The van der Waals surface area contributed by atoms with E-state index in [0.29, 0.717) is 12.8 Å². The lowest BCUT2D eigenvalue weighted by atomic mass is 9.78. The Morgan fingerprint density at radius 2 is 1.67 bits per heavy atom. The van der Waals surface area contributed by atoms with Gasteiger partial charge in [0.25, 0.3) is 0 Å². The van der Waals surface area contributed by atoms with Crippen molar-refractivity contribution in [2.75, 3.05) is 14.2 Å². The molecule has 4 nitrogen and oxygen atoms in total. The molecule has 1 aliphatic rings. The molecule has 1 aliphatic carbocycles. The van der Waals surface area contributed by atoms with E-state index in [-0.39, 0.29) is 29.7 Å². The summed E-state index contributed by atoms with van der Waals surface area (Å²) in [4.78, 5) is 22.7. The number of hydrogen-bond acceptors (Lipinski definition) is 4. The molecule has 0 saturated heterocycles. The predicted octanol–water partition coefficient (Wildman–Crippen LogP) is 1.18. The molecule has 0 spiro atoms. The summed E-state index contributed by atoms with van der Waals surface area (Å²) in [6, 6.07) is 0. The highest BCUT2D eigenvalue weighted by Gasteiger charge is 2.35. The van der Waals surface area contributed by atoms with E-state index >= 15 is 0 Å². The monoisotopic (exact) mass is 214 g/mol. The number of carbonyl (C=O) groups excluding carboxylic acids is 2. The van der Waals surface area contributed by atoms with Gasteiger partial charge in [0.2, 0.25) is 0 Å². The Bertz CT molecular complexity index is 249. The van der Waals surface area contributed by atoms with E-state index < -0.39 is 0 Å². The number of Topliss-reactive ketones (excluding diaryl/α,β-unsaturated/α-hetero) is 1. The van der Waals surface area contributed by atoms with Crippen LogP contribution in [0.2, 0.25) is 0 Å². The number of ketones is 1. The summed E-state index contributed by atoms with van der Waals surface area (Å²) in [5, 5.41) is 0. The molecule has 1 rings (SSSR count). The fourth-order valence-electron chi connectivity index (χ4n) is 2.15. The van der Waals surface area contributed by atoms with Crippen LogP contribution in [0.15, 0.2) is 0 Å². The summed E-state index contributed by atoms with van der Waals surface area (Å²) in [6.45, 7) is 1.57. The average molecular weight is 214 g/mol.